The molecule has 3 heterocycles. The van der Waals surface area contributed by atoms with Gasteiger partial charge in [0.15, 0.2) is 0 Å². The standard InChI is InChI=1S/C23H29N3O2S/c1-28-19-6-4-18(5-7-19)24-11-13-25(14-12-24)22(27)16-26-10-8-21-20(9-15-29-21)23(26)17-2-3-17/h4-7,9,15,17,23H,2-3,8,10-14,16H2,1H3/t23-/m1/s1. The van der Waals surface area contributed by atoms with Gasteiger partial charge in [0.1, 0.15) is 5.75 Å². The van der Waals surface area contributed by atoms with Crippen molar-refractivity contribution in [3.63, 3.8) is 0 Å². The van der Waals surface area contributed by atoms with E-state index in [-0.39, 0.29) is 0 Å². The van der Waals surface area contributed by atoms with Gasteiger partial charge in [0.2, 0.25) is 5.91 Å². The third-order valence-corrected chi connectivity index (χ3v) is 7.59. The first-order chi connectivity index (χ1) is 14.2. The maximum Gasteiger partial charge on any atom is 0.236 e. The Balaban J connectivity index is 1.19. The molecule has 1 saturated heterocycles. The molecule has 3 aliphatic rings. The van der Waals surface area contributed by atoms with Gasteiger partial charge in [-0.15, -0.1) is 11.3 Å². The summed E-state index contributed by atoms with van der Waals surface area (Å²) in [4.78, 5) is 21.5. The Morgan fingerprint density at radius 1 is 1.07 bits per heavy atom. The quantitative estimate of drug-likeness (QED) is 0.755. The molecule has 2 aliphatic heterocycles. The molecule has 1 atom stereocenters. The zero-order valence-corrected chi connectivity index (χ0v) is 17.9. The van der Waals surface area contributed by atoms with Gasteiger partial charge in [0.05, 0.1) is 13.7 Å². The van der Waals surface area contributed by atoms with Crippen LogP contribution in [-0.2, 0) is 11.2 Å². The predicted octanol–water partition coefficient (Wildman–Crippen LogP) is 3.41. The van der Waals surface area contributed by atoms with Crippen LogP contribution in [0.1, 0.15) is 29.3 Å². The number of anilines is 1. The van der Waals surface area contributed by atoms with Crippen LogP contribution in [-0.4, -0.2) is 62.1 Å². The number of thiophene rings is 1. The van der Waals surface area contributed by atoms with Gasteiger partial charge in [0, 0.05) is 49.3 Å². The van der Waals surface area contributed by atoms with E-state index in [1.807, 2.05) is 23.5 Å². The van der Waals surface area contributed by atoms with Crippen molar-refractivity contribution in [3.8, 4) is 5.75 Å². The average Bonchev–Trinajstić information content (AvgIpc) is 3.49. The summed E-state index contributed by atoms with van der Waals surface area (Å²) in [5.41, 5.74) is 2.70. The fourth-order valence-corrected chi connectivity index (χ4v) is 5.73. The highest BCUT2D eigenvalue weighted by Gasteiger charge is 2.40. The van der Waals surface area contributed by atoms with E-state index >= 15 is 0 Å². The summed E-state index contributed by atoms with van der Waals surface area (Å²) in [6.45, 7) is 4.97. The van der Waals surface area contributed by atoms with Crippen LogP contribution in [0.4, 0.5) is 5.69 Å². The lowest BCUT2D eigenvalue weighted by Crippen LogP contribution is -2.52. The van der Waals surface area contributed by atoms with Gasteiger partial charge >= 0.3 is 0 Å². The van der Waals surface area contributed by atoms with E-state index in [1.54, 1.807) is 12.0 Å². The van der Waals surface area contributed by atoms with E-state index in [0.29, 0.717) is 18.5 Å². The smallest absolute Gasteiger partial charge is 0.236 e. The summed E-state index contributed by atoms with van der Waals surface area (Å²) >= 11 is 1.89. The molecular weight excluding hydrogens is 382 g/mol. The zero-order valence-electron chi connectivity index (χ0n) is 17.0. The number of rotatable bonds is 5. The van der Waals surface area contributed by atoms with Crippen LogP contribution in [0, 0.1) is 5.92 Å². The zero-order chi connectivity index (χ0) is 19.8. The van der Waals surface area contributed by atoms with Crippen molar-refractivity contribution in [2.75, 3.05) is 51.3 Å². The van der Waals surface area contributed by atoms with E-state index in [2.05, 4.69) is 38.3 Å². The largest absolute Gasteiger partial charge is 0.497 e. The molecule has 0 unspecified atom stereocenters. The summed E-state index contributed by atoms with van der Waals surface area (Å²) in [6.07, 6.45) is 3.71. The Morgan fingerprint density at radius 3 is 2.52 bits per heavy atom. The number of nitrogens with zero attached hydrogens (tertiary/aromatic N) is 3. The maximum absolute atomic E-state index is 13.1. The molecule has 1 saturated carbocycles. The van der Waals surface area contributed by atoms with Gasteiger partial charge in [-0.05, 0) is 66.5 Å². The van der Waals surface area contributed by atoms with E-state index < -0.39 is 0 Å². The summed E-state index contributed by atoms with van der Waals surface area (Å²) in [7, 11) is 1.69. The normalized spacial score (nSPS) is 22.4. The minimum Gasteiger partial charge on any atom is -0.497 e. The van der Waals surface area contributed by atoms with Gasteiger partial charge in [-0.1, -0.05) is 0 Å². The van der Waals surface area contributed by atoms with Gasteiger partial charge in [0.25, 0.3) is 0 Å². The molecule has 6 heteroatoms. The summed E-state index contributed by atoms with van der Waals surface area (Å²) in [5.74, 6) is 1.93. The lowest BCUT2D eigenvalue weighted by atomic mass is 9.96. The van der Waals surface area contributed by atoms with Crippen molar-refractivity contribution < 1.29 is 9.53 Å². The van der Waals surface area contributed by atoms with Gasteiger partial charge in [-0.2, -0.15) is 0 Å². The van der Waals surface area contributed by atoms with Crippen molar-refractivity contribution in [2.24, 2.45) is 5.92 Å². The number of hydrogen-bond acceptors (Lipinski definition) is 5. The Kier molecular flexibility index (Phi) is 5.22. The molecule has 5 rings (SSSR count). The SMILES string of the molecule is COc1ccc(N2CCN(C(=O)CN3CCc4sccc4[C@H]3C3CC3)CC2)cc1. The molecule has 29 heavy (non-hydrogen) atoms. The predicted molar refractivity (Wildman–Crippen MR) is 117 cm³/mol. The second-order valence-electron chi connectivity index (χ2n) is 8.37. The Bertz CT molecular complexity index is 853. The molecule has 2 fully saturated rings. The molecule has 0 radical (unpaired) electrons. The second-order valence-corrected chi connectivity index (χ2v) is 9.37. The Morgan fingerprint density at radius 2 is 1.83 bits per heavy atom. The molecule has 1 amide bonds. The summed E-state index contributed by atoms with van der Waals surface area (Å²) in [5, 5.41) is 2.23. The molecule has 0 spiro atoms. The van der Waals surface area contributed by atoms with Crippen molar-refractivity contribution in [3.05, 3.63) is 46.2 Å². The summed E-state index contributed by atoms with van der Waals surface area (Å²) in [6, 6.07) is 11.0. The molecule has 5 nitrogen and oxygen atoms in total. The Labute approximate surface area is 176 Å². The average molecular weight is 412 g/mol. The highest BCUT2D eigenvalue weighted by Crippen LogP contribution is 2.48. The van der Waals surface area contributed by atoms with Crippen LogP contribution in [0.3, 0.4) is 0 Å². The lowest BCUT2D eigenvalue weighted by Gasteiger charge is -2.39. The van der Waals surface area contributed by atoms with Crippen LogP contribution in [0.15, 0.2) is 35.7 Å². The van der Waals surface area contributed by atoms with Gasteiger partial charge in [-0.3, -0.25) is 9.69 Å². The van der Waals surface area contributed by atoms with Crippen LogP contribution >= 0.6 is 11.3 Å². The van der Waals surface area contributed by atoms with E-state index in [1.165, 1.54) is 24.1 Å². The van der Waals surface area contributed by atoms with E-state index in [9.17, 15) is 4.79 Å². The van der Waals surface area contributed by atoms with Crippen LogP contribution in [0.25, 0.3) is 0 Å². The number of amides is 1. The second kappa shape index (κ2) is 8.00. The topological polar surface area (TPSA) is 36.0 Å². The Hall–Kier alpha value is -2.05. The minimum atomic E-state index is 0.295. The number of methoxy groups -OCH3 is 1. The maximum atomic E-state index is 13.1. The summed E-state index contributed by atoms with van der Waals surface area (Å²) < 4.78 is 5.25. The number of benzene rings is 1. The number of hydrogen-bond donors (Lipinski definition) is 0. The van der Waals surface area contributed by atoms with Crippen LogP contribution in [0.5, 0.6) is 5.75 Å². The van der Waals surface area contributed by atoms with Crippen molar-refractivity contribution in [1.82, 2.24) is 9.80 Å². The highest BCUT2D eigenvalue weighted by molar-refractivity contribution is 7.10. The minimum absolute atomic E-state index is 0.295. The van der Waals surface area contributed by atoms with Crippen molar-refractivity contribution in [1.29, 1.82) is 0 Å². The fraction of sp³-hybridized carbons (Fsp3) is 0.522. The van der Waals surface area contributed by atoms with Crippen molar-refractivity contribution >= 4 is 22.9 Å². The van der Waals surface area contributed by atoms with Gasteiger partial charge in [-0.25, -0.2) is 0 Å². The van der Waals surface area contributed by atoms with Gasteiger partial charge < -0.3 is 14.5 Å². The monoisotopic (exact) mass is 411 g/mol. The molecule has 154 valence electrons. The third-order valence-electron chi connectivity index (χ3n) is 6.59. The van der Waals surface area contributed by atoms with E-state index in [4.69, 9.17) is 4.74 Å². The molecule has 1 aliphatic carbocycles. The number of piperazine rings is 1. The van der Waals surface area contributed by atoms with Crippen LogP contribution in [0.2, 0.25) is 0 Å². The number of ether oxygens (including phenoxy) is 1. The van der Waals surface area contributed by atoms with Crippen LogP contribution < -0.4 is 9.64 Å². The number of carbonyl (C=O) groups excluding carboxylic acids is 1. The first kappa shape index (κ1) is 18.9. The number of carbonyl (C=O) groups is 1. The molecule has 0 N–H and O–H groups in total. The molecular formula is C23H29N3O2S. The molecule has 1 aromatic heterocycles. The first-order valence-corrected chi connectivity index (χ1v) is 11.6. The third kappa shape index (κ3) is 3.88. The van der Waals surface area contributed by atoms with Crippen molar-refractivity contribution in [2.45, 2.75) is 25.3 Å². The highest BCUT2D eigenvalue weighted by atomic mass is 32.1. The fourth-order valence-electron chi connectivity index (χ4n) is 4.82. The molecule has 2 aromatic rings. The van der Waals surface area contributed by atoms with E-state index in [0.717, 1.165) is 50.8 Å². The molecule has 0 bridgehead atoms. The molecule has 1 aromatic carbocycles. The first-order valence-electron chi connectivity index (χ1n) is 10.7. The number of fused-ring (bicyclic) bond motifs is 1. The lowest BCUT2D eigenvalue weighted by molar-refractivity contribution is -0.133.